The molecule has 0 spiro atoms. The van der Waals surface area contributed by atoms with Crippen molar-refractivity contribution in [3.8, 4) is 5.75 Å². The number of carbonyl (C=O) groups is 1. The van der Waals surface area contributed by atoms with Crippen LogP contribution >= 0.6 is 0 Å². The number of hydrogen-bond donors (Lipinski definition) is 4. The molecule has 3 rings (SSSR count). The number of aromatic nitrogens is 1. The number of amides is 2. The Kier molecular flexibility index (Phi) is 4.69. The highest BCUT2D eigenvalue weighted by Crippen LogP contribution is 2.24. The van der Waals surface area contributed by atoms with Gasteiger partial charge >= 0.3 is 6.03 Å². The number of para-hydroxylation sites is 1. The van der Waals surface area contributed by atoms with E-state index >= 15 is 0 Å². The van der Waals surface area contributed by atoms with E-state index in [1.807, 2.05) is 24.3 Å². The lowest BCUT2D eigenvalue weighted by Crippen LogP contribution is -2.44. The Morgan fingerprint density at radius 3 is 3.04 bits per heavy atom. The SMILES string of the molecule is COC(=N)c1cnc(NC(=O)NC2COc3ccccc3C2)cc1N.[HH].[HH].[HH]. The zero-order valence-corrected chi connectivity index (χ0v) is 13.7. The molecule has 0 aliphatic carbocycles. The summed E-state index contributed by atoms with van der Waals surface area (Å²) in [6.45, 7) is 0.407. The largest absolute Gasteiger partial charge is 0.491 e. The number of hydrogen-bond acceptors (Lipinski definition) is 6. The monoisotopic (exact) mass is 347 g/mol. The van der Waals surface area contributed by atoms with E-state index in [0.717, 1.165) is 11.3 Å². The minimum absolute atomic E-state index is 0. The van der Waals surface area contributed by atoms with Crippen molar-refractivity contribution in [2.45, 2.75) is 12.5 Å². The maximum Gasteiger partial charge on any atom is 0.320 e. The second-order valence-electron chi connectivity index (χ2n) is 5.61. The number of anilines is 2. The Bertz CT molecular complexity index is 822. The van der Waals surface area contributed by atoms with Gasteiger partial charge in [0.05, 0.1) is 18.7 Å². The molecule has 0 bridgehead atoms. The first kappa shape index (κ1) is 16.6. The average molecular weight is 347 g/mol. The third-order valence-corrected chi connectivity index (χ3v) is 3.84. The lowest BCUT2D eigenvalue weighted by molar-refractivity contribution is 0.222. The van der Waals surface area contributed by atoms with Gasteiger partial charge in [-0.2, -0.15) is 0 Å². The number of urea groups is 1. The standard InChI is InChI=1S/C17H19N5O3.3H2/c1-24-16(19)12-8-20-15(7-13(12)18)22-17(23)21-11-6-10-4-2-3-5-14(10)25-9-11;;;/h2-5,7-8,11,19H,6,9H2,1H3,(H4,18,20,21,22,23);3*1H. The van der Waals surface area contributed by atoms with E-state index in [9.17, 15) is 4.79 Å². The molecule has 0 saturated heterocycles. The molecule has 136 valence electrons. The highest BCUT2D eigenvalue weighted by Gasteiger charge is 2.21. The number of nitrogens with one attached hydrogen (secondary N) is 3. The van der Waals surface area contributed by atoms with Crippen molar-refractivity contribution in [3.63, 3.8) is 0 Å². The predicted molar refractivity (Wildman–Crippen MR) is 100 cm³/mol. The first-order valence-electron chi connectivity index (χ1n) is 7.73. The van der Waals surface area contributed by atoms with Crippen molar-refractivity contribution in [1.29, 1.82) is 5.41 Å². The first-order chi connectivity index (χ1) is 12.1. The Morgan fingerprint density at radius 2 is 2.28 bits per heavy atom. The molecule has 1 unspecified atom stereocenters. The van der Waals surface area contributed by atoms with E-state index in [1.165, 1.54) is 19.4 Å². The van der Waals surface area contributed by atoms with Crippen LogP contribution < -0.4 is 21.1 Å². The van der Waals surface area contributed by atoms with Crippen LogP contribution in [0.15, 0.2) is 36.5 Å². The molecule has 8 nitrogen and oxygen atoms in total. The maximum absolute atomic E-state index is 12.2. The fourth-order valence-electron chi connectivity index (χ4n) is 2.60. The summed E-state index contributed by atoms with van der Waals surface area (Å²) in [6.07, 6.45) is 2.08. The van der Waals surface area contributed by atoms with Gasteiger partial charge in [0.1, 0.15) is 18.2 Å². The molecule has 25 heavy (non-hydrogen) atoms. The number of rotatable bonds is 3. The minimum Gasteiger partial charge on any atom is -0.491 e. The Morgan fingerprint density at radius 1 is 1.48 bits per heavy atom. The minimum atomic E-state index is -0.394. The third-order valence-electron chi connectivity index (χ3n) is 3.84. The number of carbonyl (C=O) groups excluding carboxylic acids is 1. The average Bonchev–Trinajstić information content (AvgIpc) is 2.61. The van der Waals surface area contributed by atoms with Gasteiger partial charge in [-0.1, -0.05) is 18.2 Å². The second-order valence-corrected chi connectivity index (χ2v) is 5.61. The van der Waals surface area contributed by atoms with Gasteiger partial charge in [-0.3, -0.25) is 10.7 Å². The summed E-state index contributed by atoms with van der Waals surface area (Å²) < 4.78 is 10.5. The van der Waals surface area contributed by atoms with Crippen molar-refractivity contribution < 1.29 is 18.5 Å². The van der Waals surface area contributed by atoms with Crippen molar-refractivity contribution in [1.82, 2.24) is 10.3 Å². The number of ether oxygens (including phenoxy) is 2. The van der Waals surface area contributed by atoms with Gasteiger partial charge in [0.25, 0.3) is 0 Å². The van der Waals surface area contributed by atoms with Crippen LogP contribution in [0.4, 0.5) is 16.3 Å². The summed E-state index contributed by atoms with van der Waals surface area (Å²) in [5.41, 5.74) is 7.58. The van der Waals surface area contributed by atoms with Crippen LogP contribution in [0, 0.1) is 5.41 Å². The van der Waals surface area contributed by atoms with Gasteiger partial charge in [0, 0.05) is 22.2 Å². The topological polar surface area (TPSA) is 122 Å². The maximum atomic E-state index is 12.2. The van der Waals surface area contributed by atoms with E-state index in [1.54, 1.807) is 0 Å². The number of nitrogen functional groups attached to an aromatic ring is 1. The van der Waals surface area contributed by atoms with Crippen molar-refractivity contribution in [2.75, 3.05) is 24.8 Å². The summed E-state index contributed by atoms with van der Waals surface area (Å²) >= 11 is 0. The quantitative estimate of drug-likeness (QED) is 0.502. The van der Waals surface area contributed by atoms with Crippen molar-refractivity contribution in [3.05, 3.63) is 47.7 Å². The molecule has 1 aliphatic rings. The third kappa shape index (κ3) is 3.79. The number of benzene rings is 1. The fourth-order valence-corrected chi connectivity index (χ4v) is 2.60. The molecule has 2 aromatic rings. The normalized spacial score (nSPS) is 15.5. The van der Waals surface area contributed by atoms with Crippen molar-refractivity contribution >= 4 is 23.4 Å². The molecule has 1 atom stereocenters. The number of fused-ring (bicyclic) bond motifs is 1. The summed E-state index contributed by atoms with van der Waals surface area (Å²) in [7, 11) is 1.38. The van der Waals surface area contributed by atoms with E-state index in [0.29, 0.717) is 30.1 Å². The Labute approximate surface area is 149 Å². The number of methoxy groups -OCH3 is 1. The molecule has 1 aromatic carbocycles. The number of pyridine rings is 1. The van der Waals surface area contributed by atoms with E-state index < -0.39 is 6.03 Å². The zero-order chi connectivity index (χ0) is 17.8. The molecule has 5 N–H and O–H groups in total. The second kappa shape index (κ2) is 7.08. The molecule has 1 aliphatic heterocycles. The molecular formula is C17H25N5O3. The van der Waals surface area contributed by atoms with E-state index in [-0.39, 0.29) is 16.2 Å². The van der Waals surface area contributed by atoms with Crippen LogP contribution in [0.25, 0.3) is 0 Å². The molecule has 0 fully saturated rings. The summed E-state index contributed by atoms with van der Waals surface area (Å²) in [6, 6.07) is 8.71. The van der Waals surface area contributed by atoms with Crippen molar-refractivity contribution in [2.24, 2.45) is 0 Å². The number of nitrogens with two attached hydrogens (primary N) is 1. The molecule has 8 heteroatoms. The van der Waals surface area contributed by atoms with Gasteiger partial charge in [-0.25, -0.2) is 9.78 Å². The smallest absolute Gasteiger partial charge is 0.320 e. The van der Waals surface area contributed by atoms with Crippen LogP contribution in [0.3, 0.4) is 0 Å². The van der Waals surface area contributed by atoms with E-state index in [2.05, 4.69) is 15.6 Å². The van der Waals surface area contributed by atoms with Gasteiger partial charge in [-0.15, -0.1) is 0 Å². The van der Waals surface area contributed by atoms with Crippen LogP contribution in [-0.2, 0) is 11.2 Å². The lowest BCUT2D eigenvalue weighted by atomic mass is 10.0. The lowest BCUT2D eigenvalue weighted by Gasteiger charge is -2.26. The summed E-state index contributed by atoms with van der Waals surface area (Å²) in [5.74, 6) is 1.06. The Balaban J connectivity index is 0.00000243. The Hall–Kier alpha value is -3.29. The highest BCUT2D eigenvalue weighted by atomic mass is 16.5. The molecule has 1 aromatic heterocycles. The van der Waals surface area contributed by atoms with Gasteiger partial charge in [0.2, 0.25) is 5.90 Å². The molecular weight excluding hydrogens is 322 g/mol. The number of nitrogens with zero attached hydrogens (tertiary/aromatic N) is 1. The molecule has 0 saturated carbocycles. The molecule has 2 amide bonds. The van der Waals surface area contributed by atoms with Crippen LogP contribution in [0.1, 0.15) is 15.4 Å². The summed E-state index contributed by atoms with van der Waals surface area (Å²) in [5, 5.41) is 13.1. The van der Waals surface area contributed by atoms with Gasteiger partial charge < -0.3 is 20.5 Å². The van der Waals surface area contributed by atoms with Crippen LogP contribution in [-0.4, -0.2) is 36.7 Å². The van der Waals surface area contributed by atoms with E-state index in [4.69, 9.17) is 20.6 Å². The van der Waals surface area contributed by atoms with Gasteiger partial charge in [0.15, 0.2) is 0 Å². The van der Waals surface area contributed by atoms with Gasteiger partial charge in [-0.05, 0) is 18.1 Å². The fraction of sp³-hybridized carbons (Fsp3) is 0.235. The highest BCUT2D eigenvalue weighted by molar-refractivity contribution is 5.97. The predicted octanol–water partition coefficient (Wildman–Crippen LogP) is 2.50. The first-order valence-corrected chi connectivity index (χ1v) is 7.73. The zero-order valence-electron chi connectivity index (χ0n) is 13.7. The van der Waals surface area contributed by atoms with Crippen LogP contribution in [0.5, 0.6) is 5.75 Å². The summed E-state index contributed by atoms with van der Waals surface area (Å²) in [4.78, 5) is 16.2. The van der Waals surface area contributed by atoms with Crippen LogP contribution in [0.2, 0.25) is 0 Å². The molecule has 2 heterocycles. The molecule has 0 radical (unpaired) electrons.